The largest absolute Gasteiger partial charge is 0.356 e. The molecule has 27 heavy (non-hydrogen) atoms. The van der Waals surface area contributed by atoms with Crippen molar-refractivity contribution >= 4 is 11.8 Å². The van der Waals surface area contributed by atoms with Crippen LogP contribution < -0.4 is 10.6 Å². The van der Waals surface area contributed by atoms with Crippen LogP contribution in [0.2, 0.25) is 0 Å². The highest BCUT2D eigenvalue weighted by molar-refractivity contribution is 5.80. The van der Waals surface area contributed by atoms with Crippen molar-refractivity contribution in [3.8, 4) is 0 Å². The highest BCUT2D eigenvalue weighted by atomic mass is 16.2. The predicted octanol–water partition coefficient (Wildman–Crippen LogP) is 2.36. The van der Waals surface area contributed by atoms with Gasteiger partial charge in [-0.25, -0.2) is 0 Å². The van der Waals surface area contributed by atoms with E-state index in [-0.39, 0.29) is 17.7 Å². The van der Waals surface area contributed by atoms with Crippen molar-refractivity contribution < 1.29 is 9.59 Å². The number of aryl methyl sites for hydroxylation is 1. The van der Waals surface area contributed by atoms with Crippen molar-refractivity contribution in [2.75, 3.05) is 32.7 Å². The summed E-state index contributed by atoms with van der Waals surface area (Å²) in [6.07, 6.45) is 6.49. The van der Waals surface area contributed by atoms with Gasteiger partial charge < -0.3 is 15.5 Å². The fourth-order valence-corrected chi connectivity index (χ4v) is 4.16. The summed E-state index contributed by atoms with van der Waals surface area (Å²) in [7, 11) is 0. The highest BCUT2D eigenvalue weighted by Crippen LogP contribution is 2.19. The van der Waals surface area contributed by atoms with Gasteiger partial charge in [0, 0.05) is 32.0 Å². The molecule has 0 radical (unpaired) electrons. The summed E-state index contributed by atoms with van der Waals surface area (Å²) >= 11 is 0. The molecule has 1 unspecified atom stereocenters. The zero-order valence-corrected chi connectivity index (χ0v) is 16.3. The normalized spacial score (nSPS) is 21.0. The van der Waals surface area contributed by atoms with Crippen LogP contribution in [0.5, 0.6) is 0 Å². The third kappa shape index (κ3) is 6.35. The average molecular weight is 372 g/mol. The van der Waals surface area contributed by atoms with Gasteiger partial charge in [-0.2, -0.15) is 0 Å². The van der Waals surface area contributed by atoms with Crippen LogP contribution in [0.4, 0.5) is 0 Å². The SMILES string of the molecule is O=C(NCCC1CCCNC1)C1CCN(C(=O)CCc2ccccc2)CC1. The third-order valence-corrected chi connectivity index (χ3v) is 5.94. The summed E-state index contributed by atoms with van der Waals surface area (Å²) in [6, 6.07) is 10.1. The number of piperidine rings is 2. The lowest BCUT2D eigenvalue weighted by Crippen LogP contribution is -2.43. The van der Waals surface area contributed by atoms with Crippen molar-refractivity contribution in [1.82, 2.24) is 15.5 Å². The van der Waals surface area contributed by atoms with E-state index >= 15 is 0 Å². The molecule has 3 rings (SSSR count). The second kappa shape index (κ2) is 10.5. The van der Waals surface area contributed by atoms with Gasteiger partial charge in [-0.05, 0) is 63.1 Å². The molecule has 0 saturated carbocycles. The third-order valence-electron chi connectivity index (χ3n) is 5.94. The van der Waals surface area contributed by atoms with Gasteiger partial charge in [0.05, 0.1) is 0 Å². The van der Waals surface area contributed by atoms with E-state index in [9.17, 15) is 9.59 Å². The number of carbonyl (C=O) groups excluding carboxylic acids is 2. The van der Waals surface area contributed by atoms with E-state index in [0.29, 0.717) is 25.4 Å². The summed E-state index contributed by atoms with van der Waals surface area (Å²) in [4.78, 5) is 26.7. The predicted molar refractivity (Wildman–Crippen MR) is 107 cm³/mol. The Morgan fingerprint density at radius 1 is 1.11 bits per heavy atom. The van der Waals surface area contributed by atoms with Crippen LogP contribution >= 0.6 is 0 Å². The Balaban J connectivity index is 1.31. The Bertz CT molecular complexity index is 591. The topological polar surface area (TPSA) is 61.4 Å². The molecule has 2 aliphatic heterocycles. The van der Waals surface area contributed by atoms with Gasteiger partial charge in [-0.1, -0.05) is 30.3 Å². The maximum atomic E-state index is 12.4. The lowest BCUT2D eigenvalue weighted by atomic mass is 9.94. The van der Waals surface area contributed by atoms with Crippen LogP contribution in [0, 0.1) is 11.8 Å². The van der Waals surface area contributed by atoms with Crippen molar-refractivity contribution in [3.05, 3.63) is 35.9 Å². The zero-order chi connectivity index (χ0) is 18.9. The van der Waals surface area contributed by atoms with E-state index in [1.165, 1.54) is 18.4 Å². The average Bonchev–Trinajstić information content (AvgIpc) is 2.73. The van der Waals surface area contributed by atoms with Gasteiger partial charge in [0.1, 0.15) is 0 Å². The van der Waals surface area contributed by atoms with E-state index in [0.717, 1.165) is 45.3 Å². The molecule has 1 aromatic carbocycles. The first-order chi connectivity index (χ1) is 13.2. The minimum absolute atomic E-state index is 0.0626. The molecular weight excluding hydrogens is 338 g/mol. The molecule has 1 atom stereocenters. The molecule has 5 heteroatoms. The number of carbonyl (C=O) groups is 2. The van der Waals surface area contributed by atoms with E-state index in [1.54, 1.807) is 0 Å². The van der Waals surface area contributed by atoms with E-state index in [4.69, 9.17) is 0 Å². The van der Waals surface area contributed by atoms with Gasteiger partial charge in [0.2, 0.25) is 11.8 Å². The first-order valence-corrected chi connectivity index (χ1v) is 10.5. The van der Waals surface area contributed by atoms with Crippen molar-refractivity contribution in [1.29, 1.82) is 0 Å². The fraction of sp³-hybridized carbons (Fsp3) is 0.636. The molecule has 2 amide bonds. The van der Waals surface area contributed by atoms with Crippen molar-refractivity contribution in [2.24, 2.45) is 11.8 Å². The van der Waals surface area contributed by atoms with Crippen LogP contribution in [0.25, 0.3) is 0 Å². The minimum Gasteiger partial charge on any atom is -0.356 e. The summed E-state index contributed by atoms with van der Waals surface area (Å²) < 4.78 is 0. The summed E-state index contributed by atoms with van der Waals surface area (Å²) in [5.41, 5.74) is 1.20. The van der Waals surface area contributed by atoms with E-state index in [1.807, 2.05) is 23.1 Å². The Hall–Kier alpha value is -1.88. The Kier molecular flexibility index (Phi) is 7.69. The number of hydrogen-bond acceptors (Lipinski definition) is 3. The second-order valence-corrected chi connectivity index (χ2v) is 7.93. The van der Waals surface area contributed by atoms with Crippen LogP contribution in [0.15, 0.2) is 30.3 Å². The summed E-state index contributed by atoms with van der Waals surface area (Å²) in [5, 5.41) is 6.54. The van der Waals surface area contributed by atoms with Gasteiger partial charge in [-0.15, -0.1) is 0 Å². The second-order valence-electron chi connectivity index (χ2n) is 7.93. The quantitative estimate of drug-likeness (QED) is 0.773. The standard InChI is InChI=1S/C22H33N3O2/c26-21(9-8-18-5-2-1-3-6-18)25-15-11-20(12-16-25)22(27)24-14-10-19-7-4-13-23-17-19/h1-3,5-6,19-20,23H,4,7-17H2,(H,24,27). The lowest BCUT2D eigenvalue weighted by molar-refractivity contribution is -0.135. The van der Waals surface area contributed by atoms with Gasteiger partial charge >= 0.3 is 0 Å². The van der Waals surface area contributed by atoms with Crippen LogP contribution in [0.1, 0.15) is 44.1 Å². The monoisotopic (exact) mass is 371 g/mol. The highest BCUT2D eigenvalue weighted by Gasteiger charge is 2.27. The first-order valence-electron chi connectivity index (χ1n) is 10.5. The molecule has 2 aliphatic rings. The summed E-state index contributed by atoms with van der Waals surface area (Å²) in [5.74, 6) is 1.15. The van der Waals surface area contributed by atoms with Crippen molar-refractivity contribution in [3.63, 3.8) is 0 Å². The number of benzene rings is 1. The fourth-order valence-electron chi connectivity index (χ4n) is 4.16. The van der Waals surface area contributed by atoms with E-state index in [2.05, 4.69) is 22.8 Å². The molecule has 5 nitrogen and oxygen atoms in total. The number of amides is 2. The molecule has 2 heterocycles. The zero-order valence-electron chi connectivity index (χ0n) is 16.3. The molecular formula is C22H33N3O2. The van der Waals surface area contributed by atoms with Crippen LogP contribution in [-0.2, 0) is 16.0 Å². The molecule has 0 aromatic heterocycles. The Morgan fingerprint density at radius 2 is 1.89 bits per heavy atom. The molecule has 2 fully saturated rings. The molecule has 0 aliphatic carbocycles. The smallest absolute Gasteiger partial charge is 0.223 e. The number of nitrogens with zero attached hydrogens (tertiary/aromatic N) is 1. The number of likely N-dealkylation sites (tertiary alicyclic amines) is 1. The minimum atomic E-state index is 0.0626. The molecule has 0 spiro atoms. The number of nitrogens with one attached hydrogen (secondary N) is 2. The Morgan fingerprint density at radius 3 is 2.59 bits per heavy atom. The van der Waals surface area contributed by atoms with Crippen molar-refractivity contribution in [2.45, 2.75) is 44.9 Å². The van der Waals surface area contributed by atoms with Gasteiger partial charge in [0.15, 0.2) is 0 Å². The van der Waals surface area contributed by atoms with Gasteiger partial charge in [0.25, 0.3) is 0 Å². The molecule has 0 bridgehead atoms. The number of rotatable bonds is 7. The first kappa shape index (κ1) is 19.9. The van der Waals surface area contributed by atoms with Crippen LogP contribution in [-0.4, -0.2) is 49.4 Å². The molecule has 2 saturated heterocycles. The lowest BCUT2D eigenvalue weighted by Gasteiger charge is -2.31. The maximum absolute atomic E-state index is 12.4. The molecule has 1 aromatic rings. The molecule has 2 N–H and O–H groups in total. The van der Waals surface area contributed by atoms with Gasteiger partial charge in [-0.3, -0.25) is 9.59 Å². The maximum Gasteiger partial charge on any atom is 0.223 e. The van der Waals surface area contributed by atoms with Crippen LogP contribution in [0.3, 0.4) is 0 Å². The molecule has 148 valence electrons. The number of hydrogen-bond donors (Lipinski definition) is 2. The van der Waals surface area contributed by atoms with E-state index < -0.39 is 0 Å². The Labute approximate surface area is 162 Å². The summed E-state index contributed by atoms with van der Waals surface area (Å²) in [6.45, 7) is 4.41.